The standard InChI is InChI=1S/C23H38N2O6/c1-16-18-6-3-5-17-8-9-22(2)29-21(23(17,18)31-30-22)28-19(16)7-4-10-24-11-13-25(14-12-24)15-20(26)27/h16-19,21H,3-15H2,1-2H3,(H,26,27). The van der Waals surface area contributed by atoms with Crippen molar-refractivity contribution < 1.29 is 29.1 Å². The first kappa shape index (κ1) is 22.0. The second-order valence-electron chi connectivity index (χ2n) is 10.6. The Balaban J connectivity index is 1.18. The molecule has 1 saturated carbocycles. The smallest absolute Gasteiger partial charge is 0.317 e. The fourth-order valence-electron chi connectivity index (χ4n) is 6.84. The van der Waals surface area contributed by atoms with E-state index in [1.165, 1.54) is 12.8 Å². The minimum absolute atomic E-state index is 0.150. The van der Waals surface area contributed by atoms with Gasteiger partial charge >= 0.3 is 5.97 Å². The molecule has 5 aliphatic heterocycles. The molecule has 0 aromatic heterocycles. The number of rotatable bonds is 6. The number of hydrogen-bond acceptors (Lipinski definition) is 7. The third-order valence-electron chi connectivity index (χ3n) is 8.63. The lowest BCUT2D eigenvalue weighted by atomic mass is 9.60. The van der Waals surface area contributed by atoms with E-state index in [1.54, 1.807) is 0 Å². The van der Waals surface area contributed by atoms with Crippen LogP contribution in [0.25, 0.3) is 0 Å². The maximum absolute atomic E-state index is 10.9. The van der Waals surface area contributed by atoms with Crippen molar-refractivity contribution in [3.05, 3.63) is 0 Å². The Bertz CT molecular complexity index is 670. The van der Waals surface area contributed by atoms with Crippen molar-refractivity contribution in [1.29, 1.82) is 0 Å². The molecule has 5 heterocycles. The van der Waals surface area contributed by atoms with Crippen molar-refractivity contribution in [2.24, 2.45) is 17.8 Å². The Morgan fingerprint density at radius 2 is 1.87 bits per heavy atom. The number of carboxylic acid groups (broad SMARTS) is 1. The highest BCUT2D eigenvalue weighted by atomic mass is 17.3. The van der Waals surface area contributed by atoms with Crippen LogP contribution in [0.4, 0.5) is 0 Å². The molecule has 8 heteroatoms. The molecular formula is C23H38N2O6. The van der Waals surface area contributed by atoms with Crippen molar-refractivity contribution in [1.82, 2.24) is 9.80 Å². The molecule has 1 N–H and O–H groups in total. The Labute approximate surface area is 185 Å². The molecule has 6 rings (SSSR count). The van der Waals surface area contributed by atoms with Gasteiger partial charge in [0.1, 0.15) is 0 Å². The molecule has 1 aliphatic carbocycles. The summed E-state index contributed by atoms with van der Waals surface area (Å²) in [5.41, 5.74) is -0.440. The molecule has 0 aromatic carbocycles. The highest BCUT2D eigenvalue weighted by Gasteiger charge is 2.67. The lowest BCUT2D eigenvalue weighted by molar-refractivity contribution is -0.569. The quantitative estimate of drug-likeness (QED) is 0.634. The zero-order chi connectivity index (χ0) is 21.6. The maximum Gasteiger partial charge on any atom is 0.317 e. The van der Waals surface area contributed by atoms with Gasteiger partial charge < -0.3 is 19.5 Å². The first-order valence-corrected chi connectivity index (χ1v) is 12.3. The van der Waals surface area contributed by atoms with Crippen LogP contribution in [0, 0.1) is 17.8 Å². The Hall–Kier alpha value is -0.770. The summed E-state index contributed by atoms with van der Waals surface area (Å²) < 4.78 is 13.1. The summed E-state index contributed by atoms with van der Waals surface area (Å²) in [6.07, 6.45) is 7.47. The molecular weight excluding hydrogens is 400 g/mol. The fraction of sp³-hybridized carbons (Fsp3) is 0.957. The molecule has 176 valence electrons. The van der Waals surface area contributed by atoms with Gasteiger partial charge in [0, 0.05) is 38.5 Å². The number of fused-ring (bicyclic) bond motifs is 2. The average molecular weight is 439 g/mol. The van der Waals surface area contributed by atoms with Gasteiger partial charge in [0.05, 0.1) is 12.6 Å². The van der Waals surface area contributed by atoms with E-state index in [9.17, 15) is 4.79 Å². The van der Waals surface area contributed by atoms with Crippen molar-refractivity contribution in [3.8, 4) is 0 Å². The molecule has 0 amide bonds. The van der Waals surface area contributed by atoms with Crippen LogP contribution >= 0.6 is 0 Å². The number of carboxylic acids is 1. The summed E-state index contributed by atoms with van der Waals surface area (Å²) in [5.74, 6) is -0.153. The number of ether oxygens (including phenoxy) is 2. The molecule has 7 atom stereocenters. The summed E-state index contributed by atoms with van der Waals surface area (Å²) in [6.45, 7) is 9.04. The van der Waals surface area contributed by atoms with Gasteiger partial charge in [-0.3, -0.25) is 9.69 Å². The summed E-state index contributed by atoms with van der Waals surface area (Å²) >= 11 is 0. The molecule has 0 radical (unpaired) electrons. The van der Waals surface area contributed by atoms with Crippen LogP contribution in [-0.2, 0) is 24.0 Å². The highest BCUT2D eigenvalue weighted by Crippen LogP contribution is 2.59. The van der Waals surface area contributed by atoms with E-state index >= 15 is 0 Å². The van der Waals surface area contributed by atoms with Gasteiger partial charge in [-0.2, -0.15) is 0 Å². The largest absolute Gasteiger partial charge is 0.480 e. The summed E-state index contributed by atoms with van der Waals surface area (Å²) in [7, 11) is 0. The molecule has 6 aliphatic rings. The summed E-state index contributed by atoms with van der Waals surface area (Å²) in [6, 6.07) is 0. The van der Waals surface area contributed by atoms with Crippen LogP contribution in [0.1, 0.15) is 58.8 Å². The van der Waals surface area contributed by atoms with E-state index in [1.807, 2.05) is 11.8 Å². The number of nitrogens with zero attached hydrogens (tertiary/aromatic N) is 2. The topological polar surface area (TPSA) is 80.7 Å². The normalized spacial score (nSPS) is 45.8. The molecule has 2 bridgehead atoms. The second-order valence-corrected chi connectivity index (χ2v) is 10.6. The van der Waals surface area contributed by atoms with Gasteiger partial charge in [0.25, 0.3) is 0 Å². The third-order valence-corrected chi connectivity index (χ3v) is 8.63. The molecule has 5 saturated heterocycles. The van der Waals surface area contributed by atoms with Gasteiger partial charge in [-0.25, -0.2) is 9.78 Å². The zero-order valence-electron chi connectivity index (χ0n) is 19.0. The van der Waals surface area contributed by atoms with Crippen LogP contribution < -0.4 is 0 Å². The first-order valence-electron chi connectivity index (χ1n) is 12.3. The van der Waals surface area contributed by atoms with E-state index in [0.717, 1.165) is 64.8 Å². The molecule has 7 unspecified atom stereocenters. The number of piperazine rings is 1. The third kappa shape index (κ3) is 4.04. The van der Waals surface area contributed by atoms with Crippen molar-refractivity contribution in [2.45, 2.75) is 82.6 Å². The van der Waals surface area contributed by atoms with E-state index < -0.39 is 17.4 Å². The average Bonchev–Trinajstić information content (AvgIpc) is 2.97. The van der Waals surface area contributed by atoms with E-state index in [0.29, 0.717) is 17.8 Å². The number of aliphatic carboxylic acids is 1. The van der Waals surface area contributed by atoms with E-state index in [2.05, 4.69) is 11.8 Å². The van der Waals surface area contributed by atoms with Gasteiger partial charge in [-0.1, -0.05) is 13.3 Å². The molecule has 8 nitrogen and oxygen atoms in total. The lowest BCUT2D eigenvalue weighted by Crippen LogP contribution is -2.69. The van der Waals surface area contributed by atoms with Gasteiger partial charge in [0.2, 0.25) is 5.79 Å². The monoisotopic (exact) mass is 438 g/mol. The lowest BCUT2D eigenvalue weighted by Gasteiger charge is -2.59. The van der Waals surface area contributed by atoms with Crippen LogP contribution in [0.3, 0.4) is 0 Å². The number of hydrogen-bond donors (Lipinski definition) is 1. The predicted molar refractivity (Wildman–Crippen MR) is 112 cm³/mol. The highest BCUT2D eigenvalue weighted by molar-refractivity contribution is 5.69. The van der Waals surface area contributed by atoms with Gasteiger partial charge in [-0.15, -0.1) is 0 Å². The van der Waals surface area contributed by atoms with Crippen molar-refractivity contribution in [2.75, 3.05) is 39.3 Å². The number of carbonyl (C=O) groups is 1. The predicted octanol–water partition coefficient (Wildman–Crippen LogP) is 2.47. The van der Waals surface area contributed by atoms with E-state index in [4.69, 9.17) is 24.4 Å². The Kier molecular flexibility index (Phi) is 6.07. The summed E-state index contributed by atoms with van der Waals surface area (Å²) in [4.78, 5) is 27.4. The SMILES string of the molecule is CC1C(CCCN2CCN(CC(=O)O)CC2)OC2OC3(C)CCC4CCCC1C42OO3. The van der Waals surface area contributed by atoms with Gasteiger partial charge in [0.15, 0.2) is 11.9 Å². The van der Waals surface area contributed by atoms with Crippen molar-refractivity contribution >= 4 is 5.97 Å². The van der Waals surface area contributed by atoms with Crippen LogP contribution in [0.2, 0.25) is 0 Å². The Morgan fingerprint density at radius 3 is 2.65 bits per heavy atom. The fourth-order valence-corrected chi connectivity index (χ4v) is 6.84. The van der Waals surface area contributed by atoms with E-state index in [-0.39, 0.29) is 18.9 Å². The molecule has 0 aromatic rings. The molecule has 1 spiro atoms. The zero-order valence-corrected chi connectivity index (χ0v) is 19.0. The molecule has 31 heavy (non-hydrogen) atoms. The first-order chi connectivity index (χ1) is 14.9. The van der Waals surface area contributed by atoms with Gasteiger partial charge in [-0.05, 0) is 57.4 Å². The summed E-state index contributed by atoms with van der Waals surface area (Å²) in [5, 5.41) is 8.96. The van der Waals surface area contributed by atoms with Crippen molar-refractivity contribution in [3.63, 3.8) is 0 Å². The minimum Gasteiger partial charge on any atom is -0.480 e. The van der Waals surface area contributed by atoms with Crippen LogP contribution in [0.15, 0.2) is 0 Å². The minimum atomic E-state index is -0.739. The molecule has 6 fully saturated rings. The van der Waals surface area contributed by atoms with Crippen LogP contribution in [-0.4, -0.2) is 83.9 Å². The van der Waals surface area contributed by atoms with Crippen LogP contribution in [0.5, 0.6) is 0 Å². The maximum atomic E-state index is 10.9. The second kappa shape index (κ2) is 8.54. The Morgan fingerprint density at radius 1 is 1.10 bits per heavy atom.